The third-order valence-corrected chi connectivity index (χ3v) is 3.63. The van der Waals surface area contributed by atoms with Crippen molar-refractivity contribution in [1.82, 2.24) is 9.88 Å². The normalized spacial score (nSPS) is 12.9. The lowest BCUT2D eigenvalue weighted by Crippen LogP contribution is -2.40. The summed E-state index contributed by atoms with van der Waals surface area (Å²) in [6.07, 6.45) is 11.4. The van der Waals surface area contributed by atoms with Crippen molar-refractivity contribution < 1.29 is 0 Å². The molecule has 130 valence electrons. The van der Waals surface area contributed by atoms with Crippen molar-refractivity contribution in [3.8, 4) is 0 Å². The first-order valence-electron chi connectivity index (χ1n) is 8.20. The Kier molecular flexibility index (Phi) is 8.66. The molecule has 0 aliphatic heterocycles. The van der Waals surface area contributed by atoms with Gasteiger partial charge < -0.3 is 4.90 Å². The molecule has 0 fully saturated rings. The Morgan fingerprint density at radius 2 is 1.72 bits per heavy atom. The van der Waals surface area contributed by atoms with E-state index in [0.717, 1.165) is 11.3 Å². The van der Waals surface area contributed by atoms with Gasteiger partial charge in [-0.05, 0) is 38.3 Å². The largest absolute Gasteiger partial charge is 0.361 e. The van der Waals surface area contributed by atoms with E-state index in [0.29, 0.717) is 0 Å². The topological polar surface area (TPSA) is 28.5 Å². The number of hydrogen-bond donors (Lipinski definition) is 0. The van der Waals surface area contributed by atoms with E-state index in [9.17, 15) is 0 Å². The molecule has 0 amide bonds. The molecule has 25 heavy (non-hydrogen) atoms. The molecule has 1 atom stereocenters. The molecule has 0 aliphatic carbocycles. The number of allylic oxidation sites excluding steroid dienone is 2. The van der Waals surface area contributed by atoms with Crippen LogP contribution in [-0.2, 0) is 5.54 Å². The van der Waals surface area contributed by atoms with Crippen LogP contribution in [0.3, 0.4) is 0 Å². The van der Waals surface area contributed by atoms with Crippen LogP contribution in [0.25, 0.3) is 0 Å². The molecule has 0 aliphatic rings. The van der Waals surface area contributed by atoms with Gasteiger partial charge in [0, 0.05) is 25.6 Å². The molecule has 0 bridgehead atoms. The summed E-state index contributed by atoms with van der Waals surface area (Å²) >= 11 is 0. The second kappa shape index (κ2) is 10.8. The minimum Gasteiger partial charge on any atom is -0.361 e. The van der Waals surface area contributed by atoms with Crippen LogP contribution < -0.4 is 0 Å². The van der Waals surface area contributed by atoms with Gasteiger partial charge in [0.2, 0.25) is 0 Å². The van der Waals surface area contributed by atoms with Gasteiger partial charge in [0.15, 0.2) is 0 Å². The molecule has 1 heterocycles. The number of benzene rings is 1. The fourth-order valence-corrected chi connectivity index (χ4v) is 2.62. The van der Waals surface area contributed by atoms with Crippen LogP contribution in [0, 0.1) is 0 Å². The van der Waals surface area contributed by atoms with Crippen molar-refractivity contribution in [3.63, 3.8) is 0 Å². The monoisotopic (exact) mass is 333 g/mol. The summed E-state index contributed by atoms with van der Waals surface area (Å²) in [4.78, 5) is 10.5. The molecule has 0 saturated heterocycles. The third kappa shape index (κ3) is 5.01. The Morgan fingerprint density at radius 3 is 2.24 bits per heavy atom. The van der Waals surface area contributed by atoms with E-state index in [1.807, 2.05) is 75.8 Å². The van der Waals surface area contributed by atoms with Gasteiger partial charge in [-0.15, -0.1) is 6.58 Å². The molecule has 2 rings (SSSR count). The molecule has 3 heteroatoms. The fourth-order valence-electron chi connectivity index (χ4n) is 2.62. The van der Waals surface area contributed by atoms with Crippen LogP contribution in [0.4, 0.5) is 0 Å². The van der Waals surface area contributed by atoms with E-state index in [4.69, 9.17) is 0 Å². The first-order valence-corrected chi connectivity index (χ1v) is 8.20. The molecular weight excluding hydrogens is 306 g/mol. The fraction of sp³-hybridized carbons (Fsp3) is 0.182. The smallest absolute Gasteiger partial charge is 0.126 e. The molecule has 0 N–H and O–H groups in total. The highest BCUT2D eigenvalue weighted by molar-refractivity contribution is 5.41. The van der Waals surface area contributed by atoms with Crippen LogP contribution in [0.2, 0.25) is 0 Å². The minimum atomic E-state index is -0.488. The van der Waals surface area contributed by atoms with Gasteiger partial charge >= 0.3 is 0 Å². The zero-order valence-corrected chi connectivity index (χ0v) is 15.3. The van der Waals surface area contributed by atoms with E-state index in [1.165, 1.54) is 0 Å². The SMILES string of the molecule is C=CC.C=N/C=C\N(C)C(/C=C/C)(c1ccccc1)c1ccccn1. The molecule has 2 aromatic rings. The number of pyridine rings is 1. The molecular formula is C22H27N3. The highest BCUT2D eigenvalue weighted by Crippen LogP contribution is 2.35. The van der Waals surface area contributed by atoms with Crippen molar-refractivity contribution >= 4 is 6.72 Å². The van der Waals surface area contributed by atoms with Gasteiger partial charge in [-0.25, -0.2) is 0 Å². The lowest BCUT2D eigenvalue weighted by molar-refractivity contribution is 0.284. The molecule has 0 saturated carbocycles. The first kappa shape index (κ1) is 20.1. The average molecular weight is 333 g/mol. The van der Waals surface area contributed by atoms with Crippen LogP contribution >= 0.6 is 0 Å². The Bertz CT molecular complexity index is 648. The molecule has 1 aromatic carbocycles. The predicted molar refractivity (Wildman–Crippen MR) is 109 cm³/mol. The van der Waals surface area contributed by atoms with E-state index in [-0.39, 0.29) is 0 Å². The van der Waals surface area contributed by atoms with Gasteiger partial charge in [-0.3, -0.25) is 9.98 Å². The van der Waals surface area contributed by atoms with Crippen molar-refractivity contribution in [2.75, 3.05) is 7.05 Å². The van der Waals surface area contributed by atoms with Gasteiger partial charge in [-0.1, -0.05) is 54.6 Å². The van der Waals surface area contributed by atoms with Gasteiger partial charge in [0.1, 0.15) is 5.54 Å². The van der Waals surface area contributed by atoms with Crippen LogP contribution in [0.15, 0.2) is 96.9 Å². The predicted octanol–water partition coefficient (Wildman–Crippen LogP) is 5.20. The van der Waals surface area contributed by atoms with Gasteiger partial charge in [-0.2, -0.15) is 0 Å². The number of rotatable bonds is 6. The summed E-state index contributed by atoms with van der Waals surface area (Å²) in [6, 6.07) is 16.3. The second-order valence-electron chi connectivity index (χ2n) is 5.35. The molecule has 3 nitrogen and oxygen atoms in total. The Balaban J connectivity index is 0.000000970. The summed E-state index contributed by atoms with van der Waals surface area (Å²) in [5, 5.41) is 0. The lowest BCUT2D eigenvalue weighted by Gasteiger charge is -2.39. The second-order valence-corrected chi connectivity index (χ2v) is 5.35. The van der Waals surface area contributed by atoms with E-state index >= 15 is 0 Å². The number of nitrogens with zero attached hydrogens (tertiary/aromatic N) is 3. The number of hydrogen-bond acceptors (Lipinski definition) is 3. The highest BCUT2D eigenvalue weighted by Gasteiger charge is 2.35. The standard InChI is InChI=1S/C19H21N3.C3H6/c1-4-13-19(22(3)16-15-20-2,17-10-6-5-7-11-17)18-12-8-9-14-21-18;1-3-2/h4-16H,2H2,1,3H3;3H,1H2,2H3/b13-4+,16-15-;. The van der Waals surface area contributed by atoms with Crippen molar-refractivity contribution in [2.24, 2.45) is 4.99 Å². The zero-order valence-electron chi connectivity index (χ0n) is 15.3. The van der Waals surface area contributed by atoms with Gasteiger partial charge in [0.05, 0.1) is 5.69 Å². The summed E-state index contributed by atoms with van der Waals surface area (Å²) in [5.41, 5.74) is 1.61. The third-order valence-electron chi connectivity index (χ3n) is 3.63. The quantitative estimate of drug-likeness (QED) is 0.537. The molecule has 0 spiro atoms. The van der Waals surface area contributed by atoms with Crippen molar-refractivity contribution in [1.29, 1.82) is 0 Å². The van der Waals surface area contributed by atoms with E-state index in [1.54, 1.807) is 12.3 Å². The highest BCUT2D eigenvalue weighted by atomic mass is 15.2. The van der Waals surface area contributed by atoms with Crippen LogP contribution in [-0.4, -0.2) is 23.6 Å². The molecule has 1 unspecified atom stereocenters. The van der Waals surface area contributed by atoms with E-state index < -0.39 is 5.54 Å². The maximum Gasteiger partial charge on any atom is 0.126 e. The minimum absolute atomic E-state index is 0.488. The number of likely N-dealkylation sites (N-methyl/N-ethyl adjacent to an activating group) is 1. The summed E-state index contributed by atoms with van der Waals surface area (Å²) < 4.78 is 0. The number of aromatic nitrogens is 1. The first-order chi connectivity index (χ1) is 12.2. The summed E-state index contributed by atoms with van der Waals surface area (Å²) in [6.45, 7) is 10.8. The Morgan fingerprint density at radius 1 is 1.08 bits per heavy atom. The van der Waals surface area contributed by atoms with Gasteiger partial charge in [0.25, 0.3) is 0 Å². The maximum atomic E-state index is 4.60. The van der Waals surface area contributed by atoms with Crippen molar-refractivity contribution in [3.05, 3.63) is 103 Å². The van der Waals surface area contributed by atoms with Crippen LogP contribution in [0.1, 0.15) is 25.1 Å². The van der Waals surface area contributed by atoms with E-state index in [2.05, 4.69) is 46.4 Å². The average Bonchev–Trinajstić information content (AvgIpc) is 2.66. The molecule has 1 aromatic heterocycles. The van der Waals surface area contributed by atoms with Crippen molar-refractivity contribution in [2.45, 2.75) is 19.4 Å². The Hall–Kier alpha value is -2.94. The zero-order chi connectivity index (χ0) is 18.5. The molecule has 0 radical (unpaired) electrons. The maximum absolute atomic E-state index is 4.60. The lowest BCUT2D eigenvalue weighted by atomic mass is 9.84. The summed E-state index contributed by atoms with van der Waals surface area (Å²) in [5.74, 6) is 0. The number of aliphatic imine (C=N–C) groups is 1. The summed E-state index contributed by atoms with van der Waals surface area (Å²) in [7, 11) is 2.02. The van der Waals surface area contributed by atoms with Crippen LogP contribution in [0.5, 0.6) is 0 Å². The Labute approximate surface area is 151 Å².